The van der Waals surface area contributed by atoms with E-state index >= 15 is 0 Å². The van der Waals surface area contributed by atoms with Crippen molar-refractivity contribution in [1.29, 1.82) is 0 Å². The maximum absolute atomic E-state index is 13.6. The number of urea groups is 1. The van der Waals surface area contributed by atoms with E-state index in [0.29, 0.717) is 11.9 Å². The average Bonchev–Trinajstić information content (AvgIpc) is 2.54. The normalized spacial score (nSPS) is 27.7. The van der Waals surface area contributed by atoms with E-state index in [1.807, 2.05) is 0 Å². The molecule has 2 amide bonds. The number of halogens is 6. The van der Waals surface area contributed by atoms with Crippen molar-refractivity contribution < 1.29 is 41.0 Å². The molecule has 1 aromatic rings. The number of carbonyl (C=O) groups excluding carboxylic acids is 2. The SMILES string of the molecule is CN1C(=O)N(C)C(O)(C(F)(F)F)C(C(=O)C(F)(F)F)C1c1ccccc1. The lowest BCUT2D eigenvalue weighted by Gasteiger charge is -2.53. The molecule has 1 N–H and O–H groups in total. The molecule has 1 aliphatic rings. The minimum atomic E-state index is -5.71. The van der Waals surface area contributed by atoms with Crippen molar-refractivity contribution in [2.24, 2.45) is 5.92 Å². The molecule has 26 heavy (non-hydrogen) atoms. The molecule has 11 heteroatoms. The summed E-state index contributed by atoms with van der Waals surface area (Å²) in [7, 11) is 1.45. The van der Waals surface area contributed by atoms with Crippen molar-refractivity contribution in [3.63, 3.8) is 0 Å². The summed E-state index contributed by atoms with van der Waals surface area (Å²) in [5, 5.41) is 10.2. The zero-order chi connectivity index (χ0) is 20.1. The number of amides is 2. The number of aliphatic hydroxyl groups is 1. The fourth-order valence-corrected chi connectivity index (χ4v) is 3.09. The van der Waals surface area contributed by atoms with Crippen molar-refractivity contribution in [2.75, 3.05) is 14.1 Å². The van der Waals surface area contributed by atoms with Crippen molar-refractivity contribution in [3.8, 4) is 0 Å². The largest absolute Gasteiger partial charge is 0.450 e. The first-order valence-electron chi connectivity index (χ1n) is 7.20. The minimum Gasteiger partial charge on any atom is -0.363 e. The number of Topliss-reactive ketones (excluding diaryl/α,β-unsaturated/α-hetero) is 1. The number of ketones is 1. The number of hydrogen-bond donors (Lipinski definition) is 1. The van der Waals surface area contributed by atoms with Crippen LogP contribution in [0.1, 0.15) is 11.6 Å². The second-order valence-corrected chi connectivity index (χ2v) is 5.87. The lowest BCUT2D eigenvalue weighted by molar-refractivity contribution is -0.334. The Labute approximate surface area is 143 Å². The third-order valence-electron chi connectivity index (χ3n) is 4.39. The van der Waals surface area contributed by atoms with Crippen molar-refractivity contribution in [2.45, 2.75) is 24.1 Å². The van der Waals surface area contributed by atoms with Crippen LogP contribution in [-0.2, 0) is 4.79 Å². The van der Waals surface area contributed by atoms with E-state index in [0.717, 1.165) is 7.05 Å². The Bertz CT molecular complexity index is 706. The predicted octanol–water partition coefficient (Wildman–Crippen LogP) is 2.72. The van der Waals surface area contributed by atoms with Gasteiger partial charge in [0.15, 0.2) is 0 Å². The van der Waals surface area contributed by atoms with E-state index in [1.54, 1.807) is 0 Å². The first kappa shape index (κ1) is 20.0. The molecule has 0 spiro atoms. The van der Waals surface area contributed by atoms with Gasteiger partial charge >= 0.3 is 18.4 Å². The molecule has 0 radical (unpaired) electrons. The Morgan fingerprint density at radius 1 is 1.08 bits per heavy atom. The first-order valence-corrected chi connectivity index (χ1v) is 7.20. The highest BCUT2D eigenvalue weighted by molar-refractivity contribution is 5.91. The van der Waals surface area contributed by atoms with Crippen molar-refractivity contribution >= 4 is 11.8 Å². The van der Waals surface area contributed by atoms with Gasteiger partial charge in [-0.3, -0.25) is 9.69 Å². The summed E-state index contributed by atoms with van der Waals surface area (Å²) >= 11 is 0. The van der Waals surface area contributed by atoms with E-state index in [9.17, 15) is 41.0 Å². The van der Waals surface area contributed by atoms with Gasteiger partial charge in [-0.15, -0.1) is 0 Å². The Hall–Kier alpha value is -2.30. The Balaban J connectivity index is 2.78. The van der Waals surface area contributed by atoms with Crippen LogP contribution in [0.25, 0.3) is 0 Å². The van der Waals surface area contributed by atoms with Gasteiger partial charge in [-0.05, 0) is 5.56 Å². The molecule has 1 aliphatic heterocycles. The van der Waals surface area contributed by atoms with Crippen LogP contribution < -0.4 is 0 Å². The second-order valence-electron chi connectivity index (χ2n) is 5.87. The van der Waals surface area contributed by atoms with Crippen LogP contribution >= 0.6 is 0 Å². The molecule has 3 atom stereocenters. The topological polar surface area (TPSA) is 60.9 Å². The van der Waals surface area contributed by atoms with Crippen LogP contribution in [0, 0.1) is 5.92 Å². The molecular weight excluding hydrogens is 370 g/mol. The smallest absolute Gasteiger partial charge is 0.363 e. The van der Waals surface area contributed by atoms with Gasteiger partial charge in [-0.2, -0.15) is 26.3 Å². The van der Waals surface area contributed by atoms with E-state index in [2.05, 4.69) is 0 Å². The Kier molecular flexibility index (Phi) is 4.73. The van der Waals surface area contributed by atoms with Crippen LogP contribution in [-0.4, -0.2) is 58.9 Å². The monoisotopic (exact) mass is 384 g/mol. The summed E-state index contributed by atoms with van der Waals surface area (Å²) in [5.74, 6) is -5.81. The third kappa shape index (κ3) is 2.89. The molecule has 1 fully saturated rings. The number of carbonyl (C=O) groups is 2. The number of alkyl halides is 6. The maximum atomic E-state index is 13.6. The zero-order valence-corrected chi connectivity index (χ0v) is 13.5. The highest BCUT2D eigenvalue weighted by Crippen LogP contribution is 2.51. The van der Waals surface area contributed by atoms with Gasteiger partial charge in [0.2, 0.25) is 5.78 Å². The Morgan fingerprint density at radius 3 is 2.00 bits per heavy atom. The van der Waals surface area contributed by atoms with E-state index in [-0.39, 0.29) is 10.5 Å². The van der Waals surface area contributed by atoms with Crippen LogP contribution in [0.15, 0.2) is 30.3 Å². The fourth-order valence-electron chi connectivity index (χ4n) is 3.09. The second kappa shape index (κ2) is 6.15. The van der Waals surface area contributed by atoms with Gasteiger partial charge in [0.1, 0.15) is 5.92 Å². The number of nitrogens with zero attached hydrogens (tertiary/aromatic N) is 2. The zero-order valence-electron chi connectivity index (χ0n) is 13.5. The summed E-state index contributed by atoms with van der Waals surface area (Å²) in [4.78, 5) is 24.4. The third-order valence-corrected chi connectivity index (χ3v) is 4.39. The first-order chi connectivity index (χ1) is 11.7. The van der Waals surface area contributed by atoms with Gasteiger partial charge in [0.05, 0.1) is 6.04 Å². The lowest BCUT2D eigenvalue weighted by Crippen LogP contribution is -2.73. The van der Waals surface area contributed by atoms with Gasteiger partial charge in [0.25, 0.3) is 5.72 Å². The molecule has 1 aromatic carbocycles. The number of benzene rings is 1. The minimum absolute atomic E-state index is 0.151. The molecule has 144 valence electrons. The molecule has 1 heterocycles. The molecule has 5 nitrogen and oxygen atoms in total. The van der Waals surface area contributed by atoms with Crippen molar-refractivity contribution in [1.82, 2.24) is 9.80 Å². The molecule has 0 bridgehead atoms. The number of rotatable bonds is 2. The standard InChI is InChI=1S/C15H14F6N2O3/c1-22-10(8-6-4-3-5-7-8)9(11(24)14(16,17)18)13(26,15(19,20)21)23(2)12(22)25/h3-7,9-10,26H,1-2H3. The van der Waals surface area contributed by atoms with Crippen molar-refractivity contribution in [3.05, 3.63) is 35.9 Å². The molecule has 3 unspecified atom stereocenters. The van der Waals surface area contributed by atoms with Crippen LogP contribution in [0.5, 0.6) is 0 Å². The van der Waals surface area contributed by atoms with Crippen LogP contribution in [0.3, 0.4) is 0 Å². The summed E-state index contributed by atoms with van der Waals surface area (Å²) in [6, 6.07) is 3.10. The highest BCUT2D eigenvalue weighted by Gasteiger charge is 2.72. The van der Waals surface area contributed by atoms with E-state index in [4.69, 9.17) is 0 Å². The summed E-state index contributed by atoms with van der Waals surface area (Å²) in [5.41, 5.74) is -4.48. The summed E-state index contributed by atoms with van der Waals surface area (Å²) in [6.45, 7) is 0. The van der Waals surface area contributed by atoms with Gasteiger partial charge in [-0.25, -0.2) is 4.79 Å². The van der Waals surface area contributed by atoms with E-state index < -0.39 is 41.9 Å². The predicted molar refractivity (Wildman–Crippen MR) is 75.7 cm³/mol. The van der Waals surface area contributed by atoms with Crippen LogP contribution in [0.4, 0.5) is 31.1 Å². The lowest BCUT2D eigenvalue weighted by atomic mass is 9.77. The van der Waals surface area contributed by atoms with E-state index in [1.165, 1.54) is 30.3 Å². The van der Waals surface area contributed by atoms with Crippen LogP contribution in [0.2, 0.25) is 0 Å². The van der Waals surface area contributed by atoms with Gasteiger partial charge in [-0.1, -0.05) is 30.3 Å². The summed E-state index contributed by atoms with van der Waals surface area (Å²) < 4.78 is 79.9. The fraction of sp³-hybridized carbons (Fsp3) is 0.467. The summed E-state index contributed by atoms with van der Waals surface area (Å²) in [6.07, 6.45) is -11.4. The average molecular weight is 384 g/mol. The Morgan fingerprint density at radius 2 is 1.58 bits per heavy atom. The van der Waals surface area contributed by atoms with Gasteiger partial charge < -0.3 is 10.0 Å². The van der Waals surface area contributed by atoms with Gasteiger partial charge in [0, 0.05) is 14.1 Å². The molecule has 1 saturated heterocycles. The quantitative estimate of drug-likeness (QED) is 0.798. The maximum Gasteiger partial charge on any atom is 0.450 e. The number of hydrogen-bond acceptors (Lipinski definition) is 3. The molecule has 0 aliphatic carbocycles. The molecular formula is C15H14F6N2O3. The highest BCUT2D eigenvalue weighted by atomic mass is 19.4. The molecule has 2 rings (SSSR count). The molecule has 0 saturated carbocycles. The molecule has 0 aromatic heterocycles.